The smallest absolute Gasteiger partial charge is 0.226 e. The summed E-state index contributed by atoms with van der Waals surface area (Å²) in [5.41, 5.74) is 2.99. The number of halogens is 1. The van der Waals surface area contributed by atoms with Gasteiger partial charge in [-0.25, -0.2) is 9.37 Å². The van der Waals surface area contributed by atoms with Crippen molar-refractivity contribution in [2.24, 2.45) is 0 Å². The van der Waals surface area contributed by atoms with E-state index in [1.54, 1.807) is 12.1 Å². The Bertz CT molecular complexity index is 859. The number of aromatic nitrogens is 1. The molecule has 0 radical (unpaired) electrons. The zero-order valence-corrected chi connectivity index (χ0v) is 14.3. The van der Waals surface area contributed by atoms with Crippen molar-refractivity contribution in [1.29, 1.82) is 0 Å². The fraction of sp³-hybridized carbons (Fsp3) is 0.286. The number of benzene rings is 2. The summed E-state index contributed by atoms with van der Waals surface area (Å²) in [6.45, 7) is 3.68. The lowest BCUT2D eigenvalue weighted by molar-refractivity contribution is 0.244. The minimum absolute atomic E-state index is 0.173. The van der Waals surface area contributed by atoms with Gasteiger partial charge in [0, 0.05) is 18.2 Å². The Morgan fingerprint density at radius 2 is 2.00 bits per heavy atom. The molecule has 1 aliphatic rings. The minimum Gasteiger partial charge on any atom is -0.441 e. The highest BCUT2D eigenvalue weighted by molar-refractivity contribution is 5.53. The van der Waals surface area contributed by atoms with Crippen LogP contribution < -0.4 is 0 Å². The molecule has 0 spiro atoms. The van der Waals surface area contributed by atoms with E-state index >= 15 is 0 Å². The Morgan fingerprint density at radius 3 is 2.80 bits per heavy atom. The summed E-state index contributed by atoms with van der Waals surface area (Å²) in [5.74, 6) is 1.34. The van der Waals surface area contributed by atoms with Crippen molar-refractivity contribution in [3.8, 4) is 11.5 Å². The lowest BCUT2D eigenvalue weighted by atomic mass is 10.0. The lowest BCUT2D eigenvalue weighted by Gasteiger charge is -2.24. The van der Waals surface area contributed by atoms with E-state index in [1.807, 2.05) is 43.3 Å². The summed E-state index contributed by atoms with van der Waals surface area (Å²) < 4.78 is 19.5. The molecule has 0 N–H and O–H groups in total. The summed E-state index contributed by atoms with van der Waals surface area (Å²) in [4.78, 5) is 7.08. The topological polar surface area (TPSA) is 29.3 Å². The molecule has 128 valence electrons. The molecule has 25 heavy (non-hydrogen) atoms. The number of likely N-dealkylation sites (tertiary alicyclic amines) is 1. The molecule has 4 rings (SSSR count). The van der Waals surface area contributed by atoms with Gasteiger partial charge in [-0.1, -0.05) is 30.3 Å². The van der Waals surface area contributed by atoms with Crippen molar-refractivity contribution in [2.45, 2.75) is 32.4 Å². The largest absolute Gasteiger partial charge is 0.441 e. The Labute approximate surface area is 147 Å². The molecule has 0 amide bonds. The summed E-state index contributed by atoms with van der Waals surface area (Å²) in [6.07, 6.45) is 2.16. The maximum atomic E-state index is 13.6. The van der Waals surface area contributed by atoms with E-state index in [0.29, 0.717) is 5.89 Å². The second kappa shape index (κ2) is 6.81. The van der Waals surface area contributed by atoms with Crippen LogP contribution in [0.25, 0.3) is 11.5 Å². The van der Waals surface area contributed by atoms with Crippen LogP contribution in [-0.4, -0.2) is 16.4 Å². The van der Waals surface area contributed by atoms with Gasteiger partial charge in [-0.15, -0.1) is 0 Å². The van der Waals surface area contributed by atoms with E-state index in [-0.39, 0.29) is 11.9 Å². The Balaban J connectivity index is 1.56. The van der Waals surface area contributed by atoms with E-state index in [1.165, 1.54) is 6.07 Å². The molecule has 4 heteroatoms. The van der Waals surface area contributed by atoms with Gasteiger partial charge >= 0.3 is 0 Å². The summed E-state index contributed by atoms with van der Waals surface area (Å²) >= 11 is 0. The maximum Gasteiger partial charge on any atom is 0.226 e. The predicted molar refractivity (Wildman–Crippen MR) is 95.5 cm³/mol. The van der Waals surface area contributed by atoms with Gasteiger partial charge in [0.15, 0.2) is 0 Å². The second-order valence-corrected chi connectivity index (χ2v) is 6.57. The maximum absolute atomic E-state index is 13.6. The van der Waals surface area contributed by atoms with E-state index in [0.717, 1.165) is 48.5 Å². The number of nitrogens with zero attached hydrogens (tertiary/aromatic N) is 2. The molecule has 3 aromatic rings. The Morgan fingerprint density at radius 1 is 1.16 bits per heavy atom. The molecule has 2 aromatic carbocycles. The van der Waals surface area contributed by atoms with Crippen molar-refractivity contribution in [3.05, 3.63) is 77.4 Å². The molecule has 1 saturated heterocycles. The molecule has 0 unspecified atom stereocenters. The van der Waals surface area contributed by atoms with Crippen LogP contribution in [0.15, 0.2) is 59.0 Å². The number of rotatable bonds is 4. The average Bonchev–Trinajstić information content (AvgIpc) is 3.23. The first-order chi connectivity index (χ1) is 12.2. The summed E-state index contributed by atoms with van der Waals surface area (Å²) in [5, 5.41) is 0. The highest BCUT2D eigenvalue weighted by Crippen LogP contribution is 2.34. The van der Waals surface area contributed by atoms with Gasteiger partial charge in [-0.3, -0.25) is 4.90 Å². The monoisotopic (exact) mass is 336 g/mol. The molecular formula is C21H21FN2O. The van der Waals surface area contributed by atoms with Crippen LogP contribution in [-0.2, 0) is 6.54 Å². The highest BCUT2D eigenvalue weighted by atomic mass is 19.1. The van der Waals surface area contributed by atoms with Crippen molar-refractivity contribution in [3.63, 3.8) is 0 Å². The van der Waals surface area contributed by atoms with Gasteiger partial charge in [0.25, 0.3) is 0 Å². The van der Waals surface area contributed by atoms with E-state index < -0.39 is 0 Å². The van der Waals surface area contributed by atoms with E-state index in [4.69, 9.17) is 9.40 Å². The molecule has 0 bridgehead atoms. The first-order valence-corrected chi connectivity index (χ1v) is 8.72. The zero-order chi connectivity index (χ0) is 17.2. The Hall–Kier alpha value is -2.46. The summed E-state index contributed by atoms with van der Waals surface area (Å²) in [7, 11) is 0. The van der Waals surface area contributed by atoms with Crippen molar-refractivity contribution < 1.29 is 8.81 Å². The average molecular weight is 336 g/mol. The molecule has 2 heterocycles. The third-order valence-electron chi connectivity index (χ3n) is 4.86. The van der Waals surface area contributed by atoms with Crippen LogP contribution in [0.4, 0.5) is 4.39 Å². The van der Waals surface area contributed by atoms with Crippen molar-refractivity contribution >= 4 is 0 Å². The van der Waals surface area contributed by atoms with Gasteiger partial charge in [-0.2, -0.15) is 0 Å². The first kappa shape index (κ1) is 16.0. The van der Waals surface area contributed by atoms with Crippen LogP contribution in [0, 0.1) is 12.7 Å². The first-order valence-electron chi connectivity index (χ1n) is 8.72. The zero-order valence-electron chi connectivity index (χ0n) is 14.3. The third kappa shape index (κ3) is 3.35. The SMILES string of the molecule is Cc1oc(-c2ccccc2)nc1CN1CCC[C@H]1c1cccc(F)c1. The van der Waals surface area contributed by atoms with Gasteiger partial charge in [0.1, 0.15) is 11.6 Å². The van der Waals surface area contributed by atoms with Crippen LogP contribution in [0.5, 0.6) is 0 Å². The molecular weight excluding hydrogens is 315 g/mol. The molecule has 0 saturated carbocycles. The van der Waals surface area contributed by atoms with Crippen molar-refractivity contribution in [2.75, 3.05) is 6.54 Å². The second-order valence-electron chi connectivity index (χ2n) is 6.57. The minimum atomic E-state index is -0.173. The fourth-order valence-electron chi connectivity index (χ4n) is 3.58. The molecule has 1 atom stereocenters. The predicted octanol–water partition coefficient (Wildman–Crippen LogP) is 5.13. The van der Waals surface area contributed by atoms with Gasteiger partial charge in [0.2, 0.25) is 5.89 Å². The lowest BCUT2D eigenvalue weighted by Crippen LogP contribution is -2.23. The Kier molecular flexibility index (Phi) is 4.36. The number of oxazole rings is 1. The van der Waals surface area contributed by atoms with Crippen LogP contribution in [0.1, 0.15) is 35.9 Å². The number of hydrogen-bond acceptors (Lipinski definition) is 3. The van der Waals surface area contributed by atoms with Gasteiger partial charge in [0.05, 0.1) is 5.69 Å². The van der Waals surface area contributed by atoms with Crippen LogP contribution >= 0.6 is 0 Å². The van der Waals surface area contributed by atoms with E-state index in [9.17, 15) is 4.39 Å². The fourth-order valence-corrected chi connectivity index (χ4v) is 3.58. The van der Waals surface area contributed by atoms with Crippen LogP contribution in [0.3, 0.4) is 0 Å². The van der Waals surface area contributed by atoms with Gasteiger partial charge < -0.3 is 4.42 Å². The van der Waals surface area contributed by atoms with Crippen molar-refractivity contribution in [1.82, 2.24) is 9.88 Å². The third-order valence-corrected chi connectivity index (χ3v) is 4.86. The number of aryl methyl sites for hydroxylation is 1. The summed E-state index contributed by atoms with van der Waals surface area (Å²) in [6, 6.07) is 17.1. The molecule has 1 fully saturated rings. The molecule has 1 aliphatic heterocycles. The van der Waals surface area contributed by atoms with Crippen LogP contribution in [0.2, 0.25) is 0 Å². The molecule has 1 aromatic heterocycles. The van der Waals surface area contributed by atoms with E-state index in [2.05, 4.69) is 4.90 Å². The normalized spacial score (nSPS) is 17.9. The highest BCUT2D eigenvalue weighted by Gasteiger charge is 2.27. The number of hydrogen-bond donors (Lipinski definition) is 0. The standard InChI is InChI=1S/C21H21FN2O/c1-15-19(23-21(25-15)16-7-3-2-4-8-16)14-24-12-6-11-20(24)17-9-5-10-18(22)13-17/h2-5,7-10,13,20H,6,11-12,14H2,1H3/t20-/m0/s1. The van der Waals surface area contributed by atoms with Gasteiger partial charge in [-0.05, 0) is 56.1 Å². The quantitative estimate of drug-likeness (QED) is 0.662. The molecule has 0 aliphatic carbocycles. The molecule has 3 nitrogen and oxygen atoms in total.